The maximum atomic E-state index is 9.90. The van der Waals surface area contributed by atoms with Gasteiger partial charge in [-0.2, -0.15) is 0 Å². The molecule has 4 nitrogen and oxygen atoms in total. The van der Waals surface area contributed by atoms with Crippen molar-refractivity contribution >= 4 is 0 Å². The second-order valence-electron chi connectivity index (χ2n) is 5.40. The van der Waals surface area contributed by atoms with Crippen molar-refractivity contribution < 1.29 is 9.52 Å². The van der Waals surface area contributed by atoms with E-state index in [-0.39, 0.29) is 6.10 Å². The number of hydrogen-bond acceptors (Lipinski definition) is 4. The van der Waals surface area contributed by atoms with E-state index in [1.54, 1.807) is 6.26 Å². The number of aliphatic hydroxyl groups excluding tert-OH is 1. The van der Waals surface area contributed by atoms with Gasteiger partial charge >= 0.3 is 0 Å². The summed E-state index contributed by atoms with van der Waals surface area (Å²) in [6.45, 7) is 9.35. The van der Waals surface area contributed by atoms with E-state index in [4.69, 9.17) is 4.42 Å². The molecule has 0 radical (unpaired) electrons. The molecule has 2 N–H and O–H groups in total. The van der Waals surface area contributed by atoms with Crippen molar-refractivity contribution in [3.8, 4) is 0 Å². The third kappa shape index (κ3) is 5.67. The van der Waals surface area contributed by atoms with Crippen LogP contribution < -0.4 is 5.32 Å². The highest BCUT2D eigenvalue weighted by atomic mass is 16.3. The minimum absolute atomic E-state index is 0.332. The van der Waals surface area contributed by atoms with E-state index in [2.05, 4.69) is 24.1 Å². The Morgan fingerprint density at radius 1 is 1.39 bits per heavy atom. The molecule has 1 aromatic heterocycles. The summed E-state index contributed by atoms with van der Waals surface area (Å²) in [7, 11) is 2.01. The molecule has 1 rings (SSSR count). The first-order valence-electron chi connectivity index (χ1n) is 6.59. The van der Waals surface area contributed by atoms with Crippen molar-refractivity contribution in [3.63, 3.8) is 0 Å². The van der Waals surface area contributed by atoms with Gasteiger partial charge in [-0.05, 0) is 32.5 Å². The van der Waals surface area contributed by atoms with E-state index in [1.807, 2.05) is 20.0 Å². The van der Waals surface area contributed by atoms with Gasteiger partial charge in [0.05, 0.1) is 12.4 Å². The molecule has 0 aromatic carbocycles. The Morgan fingerprint density at radius 3 is 2.67 bits per heavy atom. The number of rotatable bonds is 8. The van der Waals surface area contributed by atoms with Crippen molar-refractivity contribution in [1.82, 2.24) is 10.2 Å². The van der Waals surface area contributed by atoms with E-state index in [1.165, 1.54) is 5.56 Å². The average molecular weight is 254 g/mol. The summed E-state index contributed by atoms with van der Waals surface area (Å²) in [6.07, 6.45) is 1.38. The molecule has 1 aromatic rings. The summed E-state index contributed by atoms with van der Waals surface area (Å²) >= 11 is 0. The Balaban J connectivity index is 2.23. The summed E-state index contributed by atoms with van der Waals surface area (Å²) < 4.78 is 5.26. The minimum Gasteiger partial charge on any atom is -0.469 e. The molecule has 0 aliphatic rings. The van der Waals surface area contributed by atoms with E-state index in [0.717, 1.165) is 18.8 Å². The molecule has 1 unspecified atom stereocenters. The molecule has 0 saturated carbocycles. The fourth-order valence-electron chi connectivity index (χ4n) is 1.89. The van der Waals surface area contributed by atoms with Crippen LogP contribution in [0.25, 0.3) is 0 Å². The molecular formula is C14H26N2O2. The number of nitrogens with one attached hydrogen (secondary N) is 1. The summed E-state index contributed by atoms with van der Waals surface area (Å²) in [4.78, 5) is 2.11. The van der Waals surface area contributed by atoms with Gasteiger partial charge in [0.25, 0.3) is 0 Å². The van der Waals surface area contributed by atoms with Crippen LogP contribution in [-0.2, 0) is 6.54 Å². The zero-order chi connectivity index (χ0) is 13.5. The van der Waals surface area contributed by atoms with Gasteiger partial charge in [0.2, 0.25) is 0 Å². The lowest BCUT2D eigenvalue weighted by Gasteiger charge is -2.21. The lowest BCUT2D eigenvalue weighted by atomic mass is 10.2. The van der Waals surface area contributed by atoms with Crippen LogP contribution in [0.15, 0.2) is 16.7 Å². The summed E-state index contributed by atoms with van der Waals surface area (Å²) in [5, 5.41) is 13.2. The van der Waals surface area contributed by atoms with E-state index >= 15 is 0 Å². The number of furan rings is 1. The standard InChI is InChI=1S/C14H26N2O2/c1-11(2)7-15-8-14(17)10-16(4)9-13-5-6-18-12(13)3/h5-6,11,14-15,17H,7-10H2,1-4H3. The quantitative estimate of drug-likeness (QED) is 0.740. The maximum Gasteiger partial charge on any atom is 0.105 e. The maximum absolute atomic E-state index is 9.90. The largest absolute Gasteiger partial charge is 0.469 e. The third-order valence-electron chi connectivity index (χ3n) is 2.86. The molecular weight excluding hydrogens is 228 g/mol. The van der Waals surface area contributed by atoms with E-state index in [0.29, 0.717) is 19.0 Å². The highest BCUT2D eigenvalue weighted by Crippen LogP contribution is 2.10. The van der Waals surface area contributed by atoms with Gasteiger partial charge in [0, 0.05) is 25.2 Å². The topological polar surface area (TPSA) is 48.6 Å². The van der Waals surface area contributed by atoms with Gasteiger partial charge in [0.1, 0.15) is 5.76 Å². The van der Waals surface area contributed by atoms with Gasteiger partial charge in [-0.1, -0.05) is 13.8 Å². The van der Waals surface area contributed by atoms with Crippen LogP contribution in [0.4, 0.5) is 0 Å². The first-order valence-corrected chi connectivity index (χ1v) is 6.59. The summed E-state index contributed by atoms with van der Waals surface area (Å²) in [5.41, 5.74) is 1.18. The Kier molecular flexibility index (Phi) is 6.39. The second-order valence-corrected chi connectivity index (χ2v) is 5.40. The van der Waals surface area contributed by atoms with E-state index in [9.17, 15) is 5.11 Å². The van der Waals surface area contributed by atoms with Crippen molar-refractivity contribution in [1.29, 1.82) is 0 Å². The number of aryl methyl sites for hydroxylation is 1. The van der Waals surface area contributed by atoms with Crippen LogP contribution in [0, 0.1) is 12.8 Å². The molecule has 4 heteroatoms. The highest BCUT2D eigenvalue weighted by molar-refractivity contribution is 5.14. The molecule has 0 aliphatic heterocycles. The fourth-order valence-corrected chi connectivity index (χ4v) is 1.89. The monoisotopic (exact) mass is 254 g/mol. The molecule has 0 saturated heterocycles. The van der Waals surface area contributed by atoms with Gasteiger partial charge in [-0.25, -0.2) is 0 Å². The SMILES string of the molecule is Cc1occc1CN(C)CC(O)CNCC(C)C. The molecule has 0 bridgehead atoms. The molecule has 1 heterocycles. The van der Waals surface area contributed by atoms with Crippen LogP contribution in [0.1, 0.15) is 25.2 Å². The van der Waals surface area contributed by atoms with Crippen LogP contribution in [-0.4, -0.2) is 42.8 Å². The van der Waals surface area contributed by atoms with Crippen LogP contribution in [0.5, 0.6) is 0 Å². The van der Waals surface area contributed by atoms with E-state index < -0.39 is 0 Å². The number of hydrogen-bond donors (Lipinski definition) is 2. The zero-order valence-corrected chi connectivity index (χ0v) is 11.9. The molecule has 0 aliphatic carbocycles. The molecule has 0 spiro atoms. The fraction of sp³-hybridized carbons (Fsp3) is 0.714. The highest BCUT2D eigenvalue weighted by Gasteiger charge is 2.10. The Hall–Kier alpha value is -0.840. The van der Waals surface area contributed by atoms with Crippen molar-refractivity contribution in [2.24, 2.45) is 5.92 Å². The van der Waals surface area contributed by atoms with Crippen LogP contribution in [0.2, 0.25) is 0 Å². The van der Waals surface area contributed by atoms with Gasteiger partial charge in [-0.15, -0.1) is 0 Å². The molecule has 0 amide bonds. The van der Waals surface area contributed by atoms with Crippen LogP contribution >= 0.6 is 0 Å². The molecule has 1 atom stereocenters. The van der Waals surface area contributed by atoms with Gasteiger partial charge in [-0.3, -0.25) is 4.90 Å². The van der Waals surface area contributed by atoms with Crippen molar-refractivity contribution in [2.75, 3.05) is 26.7 Å². The molecule has 104 valence electrons. The first kappa shape index (κ1) is 15.2. The smallest absolute Gasteiger partial charge is 0.105 e. The average Bonchev–Trinajstić information content (AvgIpc) is 2.63. The first-order chi connectivity index (χ1) is 8.49. The second kappa shape index (κ2) is 7.56. The Labute approximate surface area is 110 Å². The normalized spacial score (nSPS) is 13.5. The number of aliphatic hydroxyl groups is 1. The lowest BCUT2D eigenvalue weighted by molar-refractivity contribution is 0.120. The summed E-state index contributed by atoms with van der Waals surface area (Å²) in [6, 6.07) is 1.98. The third-order valence-corrected chi connectivity index (χ3v) is 2.86. The van der Waals surface area contributed by atoms with Crippen LogP contribution in [0.3, 0.4) is 0 Å². The van der Waals surface area contributed by atoms with Crippen molar-refractivity contribution in [2.45, 2.75) is 33.4 Å². The van der Waals surface area contributed by atoms with Gasteiger partial charge < -0.3 is 14.8 Å². The minimum atomic E-state index is -0.332. The molecule has 18 heavy (non-hydrogen) atoms. The Morgan fingerprint density at radius 2 is 2.11 bits per heavy atom. The number of likely N-dealkylation sites (N-methyl/N-ethyl adjacent to an activating group) is 1. The predicted molar refractivity (Wildman–Crippen MR) is 73.5 cm³/mol. The molecule has 0 fully saturated rings. The zero-order valence-electron chi connectivity index (χ0n) is 11.9. The van der Waals surface area contributed by atoms with Crippen molar-refractivity contribution in [3.05, 3.63) is 23.7 Å². The Bertz CT molecular complexity index is 336. The number of nitrogens with zero attached hydrogens (tertiary/aromatic N) is 1. The van der Waals surface area contributed by atoms with Gasteiger partial charge in [0.15, 0.2) is 0 Å². The lowest BCUT2D eigenvalue weighted by Crippen LogP contribution is -2.37. The summed E-state index contributed by atoms with van der Waals surface area (Å²) in [5.74, 6) is 1.57. The predicted octanol–water partition coefficient (Wildman–Crippen LogP) is 1.63.